The van der Waals surface area contributed by atoms with Crippen molar-refractivity contribution in [3.05, 3.63) is 28.8 Å². The van der Waals surface area contributed by atoms with E-state index in [-0.39, 0.29) is 23.7 Å². The number of nitrogens with two attached hydrogens (primary N) is 1. The number of alkyl carbamates (subject to hydrolysis) is 1. The molecule has 118 valence electrons. The molecular weight excluding hydrogens is 297 g/mol. The zero-order chi connectivity index (χ0) is 16.3. The Hall–Kier alpha value is -1.40. The van der Waals surface area contributed by atoms with Gasteiger partial charge in [-0.05, 0) is 26.8 Å². The van der Waals surface area contributed by atoms with Gasteiger partial charge in [-0.2, -0.15) is 4.39 Å². The number of ether oxygens (including phenoxy) is 1. The van der Waals surface area contributed by atoms with Crippen molar-refractivity contribution in [3.8, 4) is 0 Å². The normalized spacial score (nSPS) is 14.4. The third kappa shape index (κ3) is 4.82. The zero-order valence-corrected chi connectivity index (χ0v) is 13.4. The van der Waals surface area contributed by atoms with Crippen molar-refractivity contribution in [2.24, 2.45) is 5.73 Å². The number of rotatable bonds is 4. The maximum atomic E-state index is 13.9. The molecule has 0 bridgehead atoms. The second-order valence-corrected chi connectivity index (χ2v) is 6.49. The van der Waals surface area contributed by atoms with E-state index in [0.717, 1.165) is 0 Å². The van der Waals surface area contributed by atoms with Crippen molar-refractivity contribution in [2.75, 3.05) is 13.1 Å². The lowest BCUT2D eigenvalue weighted by atomic mass is 9.83. The minimum Gasteiger partial charge on any atom is -0.444 e. The monoisotopic (exact) mass is 317 g/mol. The molecule has 0 radical (unpaired) electrons. The third-order valence-electron chi connectivity index (χ3n) is 2.93. The fourth-order valence-electron chi connectivity index (χ4n) is 1.80. The van der Waals surface area contributed by atoms with Gasteiger partial charge in [0.1, 0.15) is 5.60 Å². The predicted octanol–water partition coefficient (Wildman–Crippen LogP) is 2.62. The van der Waals surface area contributed by atoms with Gasteiger partial charge in [0.25, 0.3) is 0 Å². The largest absolute Gasteiger partial charge is 0.444 e. The van der Waals surface area contributed by atoms with E-state index < -0.39 is 23.1 Å². The lowest BCUT2D eigenvalue weighted by Gasteiger charge is -2.30. The number of aromatic nitrogens is 1. The summed E-state index contributed by atoms with van der Waals surface area (Å²) < 4.78 is 19.1. The predicted molar refractivity (Wildman–Crippen MR) is 79.8 cm³/mol. The molecular formula is C14H21ClFN3O2. The summed E-state index contributed by atoms with van der Waals surface area (Å²) >= 11 is 6.03. The van der Waals surface area contributed by atoms with Gasteiger partial charge in [-0.15, -0.1) is 0 Å². The average Bonchev–Trinajstić information content (AvgIpc) is 2.34. The Bertz CT molecular complexity index is 499. The van der Waals surface area contributed by atoms with E-state index in [1.54, 1.807) is 27.7 Å². The maximum absolute atomic E-state index is 13.9. The van der Waals surface area contributed by atoms with Crippen LogP contribution in [0.25, 0.3) is 0 Å². The van der Waals surface area contributed by atoms with Gasteiger partial charge < -0.3 is 15.8 Å². The molecule has 0 aromatic carbocycles. The quantitative estimate of drug-likeness (QED) is 0.837. The summed E-state index contributed by atoms with van der Waals surface area (Å²) in [6, 6.07) is 1.49. The highest BCUT2D eigenvalue weighted by molar-refractivity contribution is 6.31. The fourth-order valence-corrected chi connectivity index (χ4v) is 2.16. The summed E-state index contributed by atoms with van der Waals surface area (Å²) in [7, 11) is 0. The SMILES string of the molecule is CC(C)(C)OC(=O)NCC(C)(CN)c1c(Cl)ccnc1F. The molecule has 1 atom stereocenters. The molecule has 1 amide bonds. The summed E-state index contributed by atoms with van der Waals surface area (Å²) in [5, 5.41) is 2.81. The second kappa shape index (κ2) is 6.58. The van der Waals surface area contributed by atoms with Crippen molar-refractivity contribution in [1.29, 1.82) is 0 Å². The van der Waals surface area contributed by atoms with Gasteiger partial charge in [0.05, 0.1) is 5.02 Å². The van der Waals surface area contributed by atoms with E-state index in [0.29, 0.717) is 0 Å². The molecule has 1 heterocycles. The van der Waals surface area contributed by atoms with Crippen LogP contribution < -0.4 is 11.1 Å². The van der Waals surface area contributed by atoms with Crippen molar-refractivity contribution < 1.29 is 13.9 Å². The molecule has 7 heteroatoms. The van der Waals surface area contributed by atoms with Crippen LogP contribution in [0.15, 0.2) is 12.3 Å². The summed E-state index contributed by atoms with van der Waals surface area (Å²) in [6.45, 7) is 7.15. The van der Waals surface area contributed by atoms with Crippen molar-refractivity contribution in [1.82, 2.24) is 10.3 Å². The first-order valence-electron chi connectivity index (χ1n) is 6.56. The smallest absolute Gasteiger partial charge is 0.407 e. The van der Waals surface area contributed by atoms with E-state index in [9.17, 15) is 9.18 Å². The van der Waals surface area contributed by atoms with Crippen LogP contribution in [0.1, 0.15) is 33.3 Å². The molecule has 5 nitrogen and oxygen atoms in total. The molecule has 0 aliphatic heterocycles. The zero-order valence-electron chi connectivity index (χ0n) is 12.7. The number of pyridine rings is 1. The summed E-state index contributed by atoms with van der Waals surface area (Å²) in [5.74, 6) is -0.693. The first-order valence-corrected chi connectivity index (χ1v) is 6.94. The van der Waals surface area contributed by atoms with Crippen LogP contribution in [-0.2, 0) is 10.2 Å². The van der Waals surface area contributed by atoms with Gasteiger partial charge in [-0.1, -0.05) is 18.5 Å². The second-order valence-electron chi connectivity index (χ2n) is 6.08. The van der Waals surface area contributed by atoms with E-state index >= 15 is 0 Å². The summed E-state index contributed by atoms with van der Waals surface area (Å²) in [4.78, 5) is 15.3. The average molecular weight is 318 g/mol. The van der Waals surface area contributed by atoms with Gasteiger partial charge in [-0.3, -0.25) is 0 Å². The maximum Gasteiger partial charge on any atom is 0.407 e. The molecule has 0 fully saturated rings. The molecule has 1 aromatic heterocycles. The number of hydrogen-bond acceptors (Lipinski definition) is 4. The minimum absolute atomic E-state index is 0.0841. The molecule has 1 rings (SSSR count). The molecule has 0 aliphatic carbocycles. The van der Waals surface area contributed by atoms with E-state index in [1.807, 2.05) is 0 Å². The molecule has 3 N–H and O–H groups in total. The first kappa shape index (κ1) is 17.7. The van der Waals surface area contributed by atoms with Crippen molar-refractivity contribution in [2.45, 2.75) is 38.7 Å². The topological polar surface area (TPSA) is 77.2 Å². The Morgan fingerprint density at radius 3 is 2.57 bits per heavy atom. The molecule has 0 spiro atoms. The standard InChI is InChI=1S/C14H21ClFN3O2/c1-13(2,3)21-12(20)19-8-14(4,7-17)10-9(15)5-6-18-11(10)16/h5-6H,7-8,17H2,1-4H3,(H,19,20). The number of amides is 1. The summed E-state index contributed by atoms with van der Waals surface area (Å²) in [5.41, 5.74) is 4.44. The van der Waals surface area contributed by atoms with Gasteiger partial charge >= 0.3 is 6.09 Å². The molecule has 1 unspecified atom stereocenters. The molecule has 0 saturated heterocycles. The van der Waals surface area contributed by atoms with Crippen LogP contribution in [0.5, 0.6) is 0 Å². The highest BCUT2D eigenvalue weighted by atomic mass is 35.5. The highest BCUT2D eigenvalue weighted by Crippen LogP contribution is 2.30. The van der Waals surface area contributed by atoms with Crippen LogP contribution in [-0.4, -0.2) is 29.8 Å². The Morgan fingerprint density at radius 1 is 1.48 bits per heavy atom. The third-order valence-corrected chi connectivity index (χ3v) is 3.24. The molecule has 1 aromatic rings. The van der Waals surface area contributed by atoms with E-state index in [2.05, 4.69) is 10.3 Å². The van der Waals surface area contributed by atoms with Gasteiger partial charge in [-0.25, -0.2) is 9.78 Å². The van der Waals surface area contributed by atoms with Crippen molar-refractivity contribution in [3.63, 3.8) is 0 Å². The van der Waals surface area contributed by atoms with Crippen LogP contribution in [0, 0.1) is 5.95 Å². The summed E-state index contributed by atoms with van der Waals surface area (Å²) in [6.07, 6.45) is 0.682. The van der Waals surface area contributed by atoms with Gasteiger partial charge in [0.15, 0.2) is 0 Å². The number of nitrogens with one attached hydrogen (secondary N) is 1. The molecule has 21 heavy (non-hydrogen) atoms. The molecule has 0 saturated carbocycles. The number of hydrogen-bond donors (Lipinski definition) is 2. The molecule has 0 aliphatic rings. The van der Waals surface area contributed by atoms with Crippen LogP contribution in [0.2, 0.25) is 5.02 Å². The number of carbonyl (C=O) groups excluding carboxylic acids is 1. The minimum atomic E-state index is -0.883. The Labute approximate surface area is 129 Å². The van der Waals surface area contributed by atoms with Gasteiger partial charge in [0.2, 0.25) is 5.95 Å². The first-order chi connectivity index (χ1) is 9.59. The Morgan fingerprint density at radius 2 is 2.10 bits per heavy atom. The highest BCUT2D eigenvalue weighted by Gasteiger charge is 2.32. The number of halogens is 2. The fraction of sp³-hybridized carbons (Fsp3) is 0.571. The van der Waals surface area contributed by atoms with Gasteiger partial charge in [0, 0.05) is 30.3 Å². The lowest BCUT2D eigenvalue weighted by Crippen LogP contribution is -2.46. The Kier molecular flexibility index (Phi) is 5.53. The van der Waals surface area contributed by atoms with Crippen LogP contribution >= 0.6 is 11.6 Å². The number of nitrogens with zero attached hydrogens (tertiary/aromatic N) is 1. The van der Waals surface area contributed by atoms with E-state index in [1.165, 1.54) is 12.3 Å². The van der Waals surface area contributed by atoms with Crippen molar-refractivity contribution >= 4 is 17.7 Å². The van der Waals surface area contributed by atoms with Crippen LogP contribution in [0.4, 0.5) is 9.18 Å². The lowest BCUT2D eigenvalue weighted by molar-refractivity contribution is 0.0516. The van der Waals surface area contributed by atoms with E-state index in [4.69, 9.17) is 22.1 Å². The van der Waals surface area contributed by atoms with Crippen LogP contribution in [0.3, 0.4) is 0 Å². The number of carbonyl (C=O) groups is 1. The Balaban J connectivity index is 2.89.